The van der Waals surface area contributed by atoms with Crippen LogP contribution >= 0.6 is 11.3 Å². The molecule has 0 radical (unpaired) electrons. The zero-order valence-electron chi connectivity index (χ0n) is 11.6. The van der Waals surface area contributed by atoms with Crippen molar-refractivity contribution < 1.29 is 4.39 Å². The van der Waals surface area contributed by atoms with Crippen molar-refractivity contribution >= 4 is 27.4 Å². The standard InChI is InChI=1S/C15H16FN3S/c1-8(2)19-13-7-10(16)4-5-12(13)18-15(19)11-6-9(3)20-14(11)17/h4-8H,17H2,1-3H3. The highest BCUT2D eigenvalue weighted by Crippen LogP contribution is 2.36. The van der Waals surface area contributed by atoms with Crippen molar-refractivity contribution in [3.05, 3.63) is 35.0 Å². The quantitative estimate of drug-likeness (QED) is 0.761. The highest BCUT2D eigenvalue weighted by Gasteiger charge is 2.18. The Labute approximate surface area is 120 Å². The van der Waals surface area contributed by atoms with Crippen molar-refractivity contribution in [1.82, 2.24) is 9.55 Å². The van der Waals surface area contributed by atoms with Crippen LogP contribution < -0.4 is 5.73 Å². The van der Waals surface area contributed by atoms with E-state index >= 15 is 0 Å². The second-order valence-electron chi connectivity index (χ2n) is 5.17. The van der Waals surface area contributed by atoms with Crippen LogP contribution in [0.4, 0.5) is 9.39 Å². The summed E-state index contributed by atoms with van der Waals surface area (Å²) in [6.45, 7) is 6.14. The van der Waals surface area contributed by atoms with Gasteiger partial charge < -0.3 is 10.3 Å². The molecule has 0 aliphatic carbocycles. The van der Waals surface area contributed by atoms with Gasteiger partial charge in [0.15, 0.2) is 0 Å². The van der Waals surface area contributed by atoms with Gasteiger partial charge in [0.2, 0.25) is 0 Å². The summed E-state index contributed by atoms with van der Waals surface area (Å²) in [5, 5.41) is 0.750. The van der Waals surface area contributed by atoms with Crippen molar-refractivity contribution in [1.29, 1.82) is 0 Å². The molecule has 0 amide bonds. The minimum absolute atomic E-state index is 0.177. The Kier molecular flexibility index (Phi) is 3.01. The lowest BCUT2D eigenvalue weighted by Gasteiger charge is -2.12. The van der Waals surface area contributed by atoms with Crippen molar-refractivity contribution in [3.63, 3.8) is 0 Å². The Morgan fingerprint density at radius 1 is 1.30 bits per heavy atom. The zero-order chi connectivity index (χ0) is 14.4. The van der Waals surface area contributed by atoms with Crippen molar-refractivity contribution in [2.24, 2.45) is 0 Å². The predicted octanol–water partition coefficient (Wildman–Crippen LogP) is 4.38. The Morgan fingerprint density at radius 3 is 2.65 bits per heavy atom. The summed E-state index contributed by atoms with van der Waals surface area (Å²) in [7, 11) is 0. The van der Waals surface area contributed by atoms with Gasteiger partial charge in [0.1, 0.15) is 11.6 Å². The molecule has 0 saturated carbocycles. The molecule has 0 aliphatic heterocycles. The fraction of sp³-hybridized carbons (Fsp3) is 0.267. The number of rotatable bonds is 2. The molecule has 3 nitrogen and oxygen atoms in total. The van der Waals surface area contributed by atoms with E-state index in [4.69, 9.17) is 5.73 Å². The third-order valence-electron chi connectivity index (χ3n) is 3.29. The average molecular weight is 289 g/mol. The maximum absolute atomic E-state index is 13.5. The van der Waals surface area contributed by atoms with Crippen LogP contribution in [0.5, 0.6) is 0 Å². The zero-order valence-corrected chi connectivity index (χ0v) is 12.5. The van der Waals surface area contributed by atoms with E-state index < -0.39 is 0 Å². The van der Waals surface area contributed by atoms with E-state index in [9.17, 15) is 4.39 Å². The molecule has 3 aromatic rings. The van der Waals surface area contributed by atoms with Gasteiger partial charge in [-0.2, -0.15) is 0 Å². The summed E-state index contributed by atoms with van der Waals surface area (Å²) in [6.07, 6.45) is 0. The first-order valence-electron chi connectivity index (χ1n) is 6.51. The molecule has 0 unspecified atom stereocenters. The Balaban J connectivity index is 2.35. The van der Waals surface area contributed by atoms with Gasteiger partial charge in [-0.05, 0) is 45.0 Å². The fourth-order valence-electron chi connectivity index (χ4n) is 2.49. The molecule has 0 atom stereocenters. The monoisotopic (exact) mass is 289 g/mol. The molecule has 0 aliphatic rings. The normalized spacial score (nSPS) is 11.7. The first-order valence-corrected chi connectivity index (χ1v) is 7.33. The number of fused-ring (bicyclic) bond motifs is 1. The van der Waals surface area contributed by atoms with Gasteiger partial charge in [-0.25, -0.2) is 9.37 Å². The third kappa shape index (κ3) is 1.98. The topological polar surface area (TPSA) is 43.8 Å². The van der Waals surface area contributed by atoms with Gasteiger partial charge in [-0.3, -0.25) is 0 Å². The van der Waals surface area contributed by atoms with Crippen LogP contribution in [0, 0.1) is 12.7 Å². The second kappa shape index (κ2) is 4.59. The molecule has 20 heavy (non-hydrogen) atoms. The molecule has 0 saturated heterocycles. The largest absolute Gasteiger partial charge is 0.390 e. The van der Waals surface area contributed by atoms with Crippen molar-refractivity contribution in [2.75, 3.05) is 5.73 Å². The summed E-state index contributed by atoms with van der Waals surface area (Å²) >= 11 is 1.55. The number of benzene rings is 1. The van der Waals surface area contributed by atoms with Gasteiger partial charge in [0.25, 0.3) is 0 Å². The van der Waals surface area contributed by atoms with Gasteiger partial charge >= 0.3 is 0 Å². The lowest BCUT2D eigenvalue weighted by molar-refractivity contribution is 0.613. The van der Waals surface area contributed by atoms with Crippen LogP contribution in [0.15, 0.2) is 24.3 Å². The SMILES string of the molecule is Cc1cc(-c2nc3ccc(F)cc3n2C(C)C)c(N)s1. The molecule has 2 aromatic heterocycles. The Morgan fingerprint density at radius 2 is 2.05 bits per heavy atom. The van der Waals surface area contributed by atoms with Crippen LogP contribution in [0.2, 0.25) is 0 Å². The summed E-state index contributed by atoms with van der Waals surface area (Å²) < 4.78 is 15.5. The van der Waals surface area contributed by atoms with Gasteiger partial charge in [-0.15, -0.1) is 11.3 Å². The van der Waals surface area contributed by atoms with E-state index in [0.29, 0.717) is 0 Å². The highest BCUT2D eigenvalue weighted by atomic mass is 32.1. The second-order valence-corrected chi connectivity index (χ2v) is 6.46. The van der Waals surface area contributed by atoms with E-state index in [-0.39, 0.29) is 11.9 Å². The molecule has 0 bridgehead atoms. The maximum atomic E-state index is 13.5. The molecule has 0 fully saturated rings. The van der Waals surface area contributed by atoms with Gasteiger partial charge in [0.05, 0.1) is 21.6 Å². The van der Waals surface area contributed by atoms with Crippen LogP contribution in [0.25, 0.3) is 22.4 Å². The smallest absolute Gasteiger partial charge is 0.144 e. The number of hydrogen-bond donors (Lipinski definition) is 1. The maximum Gasteiger partial charge on any atom is 0.144 e. The van der Waals surface area contributed by atoms with Crippen LogP contribution in [-0.2, 0) is 0 Å². The molecular formula is C15H16FN3S. The summed E-state index contributed by atoms with van der Waals surface area (Å²) in [6, 6.07) is 6.89. The van der Waals surface area contributed by atoms with E-state index in [2.05, 4.69) is 18.8 Å². The number of anilines is 1. The lowest BCUT2D eigenvalue weighted by atomic mass is 10.2. The predicted molar refractivity (Wildman–Crippen MR) is 82.5 cm³/mol. The van der Waals surface area contributed by atoms with E-state index in [0.717, 1.165) is 32.3 Å². The molecule has 3 rings (SSSR count). The van der Waals surface area contributed by atoms with Crippen LogP contribution in [0.1, 0.15) is 24.8 Å². The summed E-state index contributed by atoms with van der Waals surface area (Å²) in [5.74, 6) is 0.558. The summed E-state index contributed by atoms with van der Waals surface area (Å²) in [4.78, 5) is 5.79. The number of thiophene rings is 1. The fourth-order valence-corrected chi connectivity index (χ4v) is 3.27. The summed E-state index contributed by atoms with van der Waals surface area (Å²) in [5.41, 5.74) is 8.61. The molecular weight excluding hydrogens is 273 g/mol. The van der Waals surface area contributed by atoms with Crippen LogP contribution in [-0.4, -0.2) is 9.55 Å². The molecule has 2 N–H and O–H groups in total. The molecule has 5 heteroatoms. The first-order chi connectivity index (χ1) is 9.47. The number of nitrogens with zero attached hydrogens (tertiary/aromatic N) is 2. The number of aryl methyl sites for hydroxylation is 1. The van der Waals surface area contributed by atoms with Crippen molar-refractivity contribution in [2.45, 2.75) is 26.8 Å². The Bertz CT molecular complexity index is 786. The molecule has 104 valence electrons. The highest BCUT2D eigenvalue weighted by molar-refractivity contribution is 7.16. The number of aromatic nitrogens is 2. The number of halogens is 1. The first kappa shape index (κ1) is 13.1. The minimum Gasteiger partial charge on any atom is -0.390 e. The third-order valence-corrected chi connectivity index (χ3v) is 4.17. The lowest BCUT2D eigenvalue weighted by Crippen LogP contribution is -2.03. The average Bonchev–Trinajstić information content (AvgIpc) is 2.88. The van der Waals surface area contributed by atoms with Crippen molar-refractivity contribution in [3.8, 4) is 11.4 Å². The van der Waals surface area contributed by atoms with Crippen LogP contribution in [0.3, 0.4) is 0 Å². The minimum atomic E-state index is -0.250. The Hall–Kier alpha value is -1.88. The van der Waals surface area contributed by atoms with E-state index in [1.807, 2.05) is 17.6 Å². The number of nitrogen functional groups attached to an aromatic ring is 1. The van der Waals surface area contributed by atoms with Gasteiger partial charge in [-0.1, -0.05) is 0 Å². The molecule has 0 spiro atoms. The van der Waals surface area contributed by atoms with Gasteiger partial charge in [0, 0.05) is 10.9 Å². The number of imidazole rings is 1. The number of hydrogen-bond acceptors (Lipinski definition) is 3. The molecule has 1 aromatic carbocycles. The molecule has 2 heterocycles. The number of nitrogens with two attached hydrogens (primary N) is 1. The van der Waals surface area contributed by atoms with E-state index in [1.165, 1.54) is 12.1 Å². The van der Waals surface area contributed by atoms with E-state index in [1.54, 1.807) is 17.4 Å².